The van der Waals surface area contributed by atoms with Gasteiger partial charge in [0.2, 0.25) is 10.0 Å². The van der Waals surface area contributed by atoms with Gasteiger partial charge in [0.15, 0.2) is 0 Å². The fraction of sp³-hybridized carbons (Fsp3) is 0.231. The van der Waals surface area contributed by atoms with E-state index in [2.05, 4.69) is 0 Å². The Kier molecular flexibility index (Phi) is 5.29. The van der Waals surface area contributed by atoms with Crippen molar-refractivity contribution in [2.45, 2.75) is 18.0 Å². The van der Waals surface area contributed by atoms with Crippen LogP contribution in [0.15, 0.2) is 33.9 Å². The fourth-order valence-corrected chi connectivity index (χ4v) is 4.50. The zero-order valence-corrected chi connectivity index (χ0v) is 14.2. The number of hydrogen-bond donors (Lipinski definition) is 1. The first-order valence-electron chi connectivity index (χ1n) is 5.93. The van der Waals surface area contributed by atoms with E-state index in [1.165, 1.54) is 34.8 Å². The molecule has 0 atom stereocenters. The molecule has 1 N–H and O–H groups in total. The fourth-order valence-electron chi connectivity index (χ4n) is 1.81. The van der Waals surface area contributed by atoms with Crippen LogP contribution in [0.1, 0.15) is 11.1 Å². The SMILES string of the molecule is CN(Cc1ccsc1)S(=O)(=O)c1ccc(Cl)c(CO)c1Cl. The van der Waals surface area contributed by atoms with Gasteiger partial charge in [0, 0.05) is 24.2 Å². The number of nitrogens with zero attached hydrogens (tertiary/aromatic N) is 1. The highest BCUT2D eigenvalue weighted by atomic mass is 35.5. The van der Waals surface area contributed by atoms with Gasteiger partial charge in [-0.1, -0.05) is 23.2 Å². The van der Waals surface area contributed by atoms with Gasteiger partial charge in [-0.2, -0.15) is 15.6 Å². The molecule has 0 bridgehead atoms. The molecule has 0 amide bonds. The maximum absolute atomic E-state index is 12.6. The number of hydrogen-bond acceptors (Lipinski definition) is 4. The molecular weight excluding hydrogens is 353 g/mol. The molecule has 1 aromatic heterocycles. The van der Waals surface area contributed by atoms with Crippen molar-refractivity contribution in [1.82, 2.24) is 4.31 Å². The first-order valence-corrected chi connectivity index (χ1v) is 9.07. The van der Waals surface area contributed by atoms with Gasteiger partial charge >= 0.3 is 0 Å². The van der Waals surface area contributed by atoms with E-state index in [1.54, 1.807) is 0 Å². The molecule has 0 aliphatic heterocycles. The second kappa shape index (κ2) is 6.64. The predicted molar refractivity (Wildman–Crippen MR) is 85.4 cm³/mol. The van der Waals surface area contributed by atoms with Crippen molar-refractivity contribution in [3.05, 3.63) is 50.1 Å². The first kappa shape index (κ1) is 16.7. The van der Waals surface area contributed by atoms with E-state index in [4.69, 9.17) is 23.2 Å². The largest absolute Gasteiger partial charge is 0.392 e. The molecule has 0 aliphatic carbocycles. The monoisotopic (exact) mass is 365 g/mol. The van der Waals surface area contributed by atoms with Crippen LogP contribution in [-0.4, -0.2) is 24.9 Å². The summed E-state index contributed by atoms with van der Waals surface area (Å²) in [5, 5.41) is 13.2. The van der Waals surface area contributed by atoms with Crippen LogP contribution in [-0.2, 0) is 23.2 Å². The normalized spacial score (nSPS) is 12.0. The average Bonchev–Trinajstić information content (AvgIpc) is 2.91. The highest BCUT2D eigenvalue weighted by molar-refractivity contribution is 7.89. The van der Waals surface area contributed by atoms with Crippen LogP contribution in [0.2, 0.25) is 10.0 Å². The molecule has 0 radical (unpaired) electrons. The molecule has 4 nitrogen and oxygen atoms in total. The Morgan fingerprint density at radius 3 is 2.57 bits per heavy atom. The van der Waals surface area contributed by atoms with Crippen LogP contribution < -0.4 is 0 Å². The standard InChI is InChI=1S/C13H13Cl2NO3S2/c1-16(6-9-4-5-20-8-9)21(18,19)12-3-2-11(14)10(7-17)13(12)15/h2-5,8,17H,6-7H2,1H3. The minimum Gasteiger partial charge on any atom is -0.392 e. The topological polar surface area (TPSA) is 57.6 Å². The lowest BCUT2D eigenvalue weighted by atomic mass is 10.2. The van der Waals surface area contributed by atoms with Gasteiger partial charge in [-0.3, -0.25) is 0 Å². The van der Waals surface area contributed by atoms with Gasteiger partial charge in [-0.15, -0.1) is 0 Å². The number of sulfonamides is 1. The third kappa shape index (κ3) is 3.41. The molecule has 1 heterocycles. The van der Waals surface area contributed by atoms with E-state index in [9.17, 15) is 13.5 Å². The zero-order chi connectivity index (χ0) is 15.6. The van der Waals surface area contributed by atoms with Crippen molar-refractivity contribution in [3.63, 3.8) is 0 Å². The molecule has 2 rings (SSSR count). The number of aliphatic hydroxyl groups is 1. The molecule has 0 saturated carbocycles. The lowest BCUT2D eigenvalue weighted by Gasteiger charge is -2.18. The second-order valence-corrected chi connectivity index (χ2v) is 7.97. The van der Waals surface area contributed by atoms with Crippen molar-refractivity contribution in [2.75, 3.05) is 7.05 Å². The molecule has 0 fully saturated rings. The van der Waals surface area contributed by atoms with E-state index in [1.807, 2.05) is 16.8 Å². The smallest absolute Gasteiger partial charge is 0.244 e. The van der Waals surface area contributed by atoms with Crippen molar-refractivity contribution < 1.29 is 13.5 Å². The molecule has 0 spiro atoms. The highest BCUT2D eigenvalue weighted by Crippen LogP contribution is 2.32. The Balaban J connectivity index is 2.40. The molecule has 8 heteroatoms. The molecule has 0 unspecified atom stereocenters. The minimum absolute atomic E-state index is 0.0397. The zero-order valence-electron chi connectivity index (χ0n) is 11.1. The summed E-state index contributed by atoms with van der Waals surface area (Å²) in [7, 11) is -2.28. The lowest BCUT2D eigenvalue weighted by Crippen LogP contribution is -2.26. The van der Waals surface area contributed by atoms with Crippen LogP contribution in [0.3, 0.4) is 0 Å². The second-order valence-electron chi connectivity index (χ2n) is 4.39. The van der Waals surface area contributed by atoms with Crippen LogP contribution in [0.4, 0.5) is 0 Å². The highest BCUT2D eigenvalue weighted by Gasteiger charge is 2.26. The summed E-state index contributed by atoms with van der Waals surface area (Å²) < 4.78 is 26.4. The molecule has 0 aliphatic rings. The van der Waals surface area contributed by atoms with Crippen molar-refractivity contribution in [2.24, 2.45) is 0 Å². The van der Waals surface area contributed by atoms with E-state index in [0.29, 0.717) is 0 Å². The molecule has 1 aromatic carbocycles. The maximum atomic E-state index is 12.6. The number of benzene rings is 1. The van der Waals surface area contributed by atoms with Crippen molar-refractivity contribution >= 4 is 44.6 Å². The third-order valence-electron chi connectivity index (χ3n) is 2.98. The summed E-state index contributed by atoms with van der Waals surface area (Å²) in [5.41, 5.74) is 1.11. The molecule has 114 valence electrons. The summed E-state index contributed by atoms with van der Waals surface area (Å²) in [6, 6.07) is 4.63. The van der Waals surface area contributed by atoms with Crippen LogP contribution >= 0.6 is 34.5 Å². The van der Waals surface area contributed by atoms with Gasteiger partial charge in [0.1, 0.15) is 4.90 Å². The van der Waals surface area contributed by atoms with E-state index in [-0.39, 0.29) is 27.0 Å². The summed E-state index contributed by atoms with van der Waals surface area (Å²) in [6.45, 7) is -0.172. The molecule has 0 saturated heterocycles. The Morgan fingerprint density at radius 2 is 2.00 bits per heavy atom. The predicted octanol–water partition coefficient (Wildman–Crippen LogP) is 3.37. The maximum Gasteiger partial charge on any atom is 0.244 e. The Hall–Kier alpha value is -0.630. The van der Waals surface area contributed by atoms with Crippen LogP contribution in [0, 0.1) is 0 Å². The summed E-state index contributed by atoms with van der Waals surface area (Å²) >= 11 is 13.5. The van der Waals surface area contributed by atoms with Gasteiger partial charge in [0.05, 0.1) is 11.6 Å². The lowest BCUT2D eigenvalue weighted by molar-refractivity contribution is 0.281. The summed E-state index contributed by atoms with van der Waals surface area (Å²) in [4.78, 5) is -0.0599. The van der Waals surface area contributed by atoms with E-state index < -0.39 is 16.6 Å². The Bertz CT molecular complexity index is 730. The van der Waals surface area contributed by atoms with Crippen LogP contribution in [0.5, 0.6) is 0 Å². The molecule has 21 heavy (non-hydrogen) atoms. The van der Waals surface area contributed by atoms with E-state index in [0.717, 1.165) is 5.56 Å². The van der Waals surface area contributed by atoms with Crippen molar-refractivity contribution in [3.8, 4) is 0 Å². The number of halogens is 2. The van der Waals surface area contributed by atoms with E-state index >= 15 is 0 Å². The van der Waals surface area contributed by atoms with Crippen LogP contribution in [0.25, 0.3) is 0 Å². The quantitative estimate of drug-likeness (QED) is 0.883. The van der Waals surface area contributed by atoms with Gasteiger partial charge < -0.3 is 5.11 Å². The van der Waals surface area contributed by atoms with Gasteiger partial charge in [-0.25, -0.2) is 8.42 Å². The minimum atomic E-state index is -3.76. The van der Waals surface area contributed by atoms with Crippen molar-refractivity contribution in [1.29, 1.82) is 0 Å². The Labute approximate surface area is 137 Å². The van der Waals surface area contributed by atoms with Gasteiger partial charge in [0.25, 0.3) is 0 Å². The Morgan fingerprint density at radius 1 is 1.29 bits per heavy atom. The number of aliphatic hydroxyl groups excluding tert-OH is 1. The number of thiophene rings is 1. The summed E-state index contributed by atoms with van der Waals surface area (Å²) in [5.74, 6) is 0. The first-order chi connectivity index (χ1) is 9.87. The average molecular weight is 366 g/mol. The number of rotatable bonds is 5. The molecule has 2 aromatic rings. The molecular formula is C13H13Cl2NO3S2. The summed E-state index contributed by atoms with van der Waals surface area (Å²) in [6.07, 6.45) is 0. The van der Waals surface area contributed by atoms with Gasteiger partial charge in [-0.05, 0) is 34.5 Å². The third-order valence-corrected chi connectivity index (χ3v) is 6.46.